The van der Waals surface area contributed by atoms with Gasteiger partial charge in [0, 0.05) is 25.2 Å². The van der Waals surface area contributed by atoms with Gasteiger partial charge >= 0.3 is 0 Å². The fourth-order valence-electron chi connectivity index (χ4n) is 2.65. The third-order valence-corrected chi connectivity index (χ3v) is 4.39. The summed E-state index contributed by atoms with van der Waals surface area (Å²) >= 11 is 6.12. The Morgan fingerprint density at radius 3 is 2.85 bits per heavy atom. The predicted octanol–water partition coefficient (Wildman–Crippen LogP) is 1.62. The van der Waals surface area contributed by atoms with Gasteiger partial charge in [-0.1, -0.05) is 18.5 Å². The van der Waals surface area contributed by atoms with Crippen LogP contribution >= 0.6 is 11.6 Å². The number of aryl methyl sites for hydroxylation is 2. The van der Waals surface area contributed by atoms with Crippen molar-refractivity contribution in [3.05, 3.63) is 22.5 Å². The number of carbonyl (C=O) groups is 1. The Morgan fingerprint density at radius 2 is 2.30 bits per heavy atom. The summed E-state index contributed by atoms with van der Waals surface area (Å²) < 4.78 is 1.58. The lowest BCUT2D eigenvalue weighted by atomic mass is 10.0. The van der Waals surface area contributed by atoms with Gasteiger partial charge in [0.05, 0.1) is 18.3 Å². The second-order valence-corrected chi connectivity index (χ2v) is 5.65. The molecule has 0 radical (unpaired) electrons. The first-order chi connectivity index (χ1) is 9.45. The van der Waals surface area contributed by atoms with Crippen molar-refractivity contribution in [3.8, 4) is 0 Å². The Bertz CT molecular complexity index is 539. The van der Waals surface area contributed by atoms with Gasteiger partial charge in [-0.3, -0.25) is 9.48 Å². The molecule has 1 aromatic heterocycles. The minimum absolute atomic E-state index is 0.00736. The van der Waals surface area contributed by atoms with Crippen molar-refractivity contribution < 1.29 is 9.90 Å². The second kappa shape index (κ2) is 5.97. The maximum Gasteiger partial charge on any atom is 0.246 e. The topological polar surface area (TPSA) is 58.4 Å². The van der Waals surface area contributed by atoms with Crippen molar-refractivity contribution in [2.75, 3.05) is 13.2 Å². The number of hydrogen-bond donors (Lipinski definition) is 1. The monoisotopic (exact) mass is 297 g/mol. The lowest BCUT2D eigenvalue weighted by molar-refractivity contribution is -0.127. The summed E-state index contributed by atoms with van der Waals surface area (Å²) in [6.45, 7) is 4.60. The number of amides is 1. The van der Waals surface area contributed by atoms with Crippen molar-refractivity contribution in [2.45, 2.75) is 26.3 Å². The van der Waals surface area contributed by atoms with Gasteiger partial charge in [0.1, 0.15) is 5.15 Å². The van der Waals surface area contributed by atoms with E-state index in [9.17, 15) is 9.90 Å². The van der Waals surface area contributed by atoms with E-state index in [0.717, 1.165) is 17.7 Å². The third kappa shape index (κ3) is 2.74. The smallest absolute Gasteiger partial charge is 0.246 e. The Labute approximate surface area is 123 Å². The van der Waals surface area contributed by atoms with Gasteiger partial charge in [-0.25, -0.2) is 0 Å². The number of likely N-dealkylation sites (tertiary alicyclic amines) is 1. The van der Waals surface area contributed by atoms with Crippen LogP contribution in [0.4, 0.5) is 0 Å². The standard InChI is InChI=1S/C14H20ClN3O2/c1-9-6-7-18(12(9)8-19)13(20)5-4-11-10(2)16-17(3)14(11)15/h4-5,9,12,19H,6-8H2,1-3H3/b5-4+. The summed E-state index contributed by atoms with van der Waals surface area (Å²) in [5.74, 6) is 0.244. The van der Waals surface area contributed by atoms with E-state index in [1.807, 2.05) is 6.92 Å². The molecular weight excluding hydrogens is 278 g/mol. The molecule has 0 spiro atoms. The van der Waals surface area contributed by atoms with E-state index in [-0.39, 0.29) is 18.6 Å². The minimum atomic E-state index is -0.0901. The SMILES string of the molecule is Cc1nn(C)c(Cl)c1/C=C/C(=O)N1CCC(C)C1CO. The second-order valence-electron chi connectivity index (χ2n) is 5.29. The van der Waals surface area contributed by atoms with Gasteiger partial charge in [-0.2, -0.15) is 5.10 Å². The molecule has 6 heteroatoms. The van der Waals surface area contributed by atoms with Crippen LogP contribution in [0.2, 0.25) is 5.15 Å². The molecule has 0 aliphatic carbocycles. The summed E-state index contributed by atoms with van der Waals surface area (Å²) in [6, 6.07) is -0.0855. The van der Waals surface area contributed by atoms with Gasteiger partial charge in [0.2, 0.25) is 5.91 Å². The lowest BCUT2D eigenvalue weighted by Gasteiger charge is -2.23. The highest BCUT2D eigenvalue weighted by Gasteiger charge is 2.32. The van der Waals surface area contributed by atoms with E-state index in [4.69, 9.17) is 11.6 Å². The summed E-state index contributed by atoms with van der Waals surface area (Å²) in [5, 5.41) is 14.1. The van der Waals surface area contributed by atoms with Crippen LogP contribution in [-0.4, -0.2) is 44.9 Å². The van der Waals surface area contributed by atoms with Crippen LogP contribution in [0.5, 0.6) is 0 Å². The maximum atomic E-state index is 12.2. The predicted molar refractivity (Wildman–Crippen MR) is 78.4 cm³/mol. The number of aromatic nitrogens is 2. The van der Waals surface area contributed by atoms with Gasteiger partial charge in [-0.15, -0.1) is 0 Å². The fraction of sp³-hybridized carbons (Fsp3) is 0.571. The zero-order valence-electron chi connectivity index (χ0n) is 12.0. The molecule has 1 aliphatic heterocycles. The quantitative estimate of drug-likeness (QED) is 0.863. The molecule has 0 aromatic carbocycles. The van der Waals surface area contributed by atoms with Gasteiger partial charge in [0.25, 0.3) is 0 Å². The molecule has 1 N–H and O–H groups in total. The average Bonchev–Trinajstić information content (AvgIpc) is 2.89. The maximum absolute atomic E-state index is 12.2. The molecule has 0 saturated carbocycles. The van der Waals surface area contributed by atoms with E-state index in [2.05, 4.69) is 12.0 Å². The van der Waals surface area contributed by atoms with Crippen LogP contribution in [0.15, 0.2) is 6.08 Å². The summed E-state index contributed by atoms with van der Waals surface area (Å²) in [6.07, 6.45) is 4.14. The number of hydrogen-bond acceptors (Lipinski definition) is 3. The minimum Gasteiger partial charge on any atom is -0.394 e. The first-order valence-electron chi connectivity index (χ1n) is 6.74. The van der Waals surface area contributed by atoms with Crippen LogP contribution in [0, 0.1) is 12.8 Å². The number of rotatable bonds is 3. The molecule has 5 nitrogen and oxygen atoms in total. The normalized spacial score (nSPS) is 22.9. The first-order valence-corrected chi connectivity index (χ1v) is 7.12. The van der Waals surface area contributed by atoms with Crippen LogP contribution in [0.1, 0.15) is 24.6 Å². The number of carbonyl (C=O) groups excluding carboxylic acids is 1. The molecule has 20 heavy (non-hydrogen) atoms. The van der Waals surface area contributed by atoms with Crippen LogP contribution < -0.4 is 0 Å². The molecule has 1 saturated heterocycles. The van der Waals surface area contributed by atoms with Crippen LogP contribution in [-0.2, 0) is 11.8 Å². The van der Waals surface area contributed by atoms with E-state index in [1.54, 1.807) is 22.7 Å². The molecule has 110 valence electrons. The van der Waals surface area contributed by atoms with Crippen molar-refractivity contribution in [2.24, 2.45) is 13.0 Å². The van der Waals surface area contributed by atoms with Crippen molar-refractivity contribution >= 4 is 23.6 Å². The molecule has 0 bridgehead atoms. The van der Waals surface area contributed by atoms with Gasteiger partial charge in [-0.05, 0) is 25.3 Å². The largest absolute Gasteiger partial charge is 0.394 e. The Kier molecular flexibility index (Phi) is 4.50. The van der Waals surface area contributed by atoms with Crippen LogP contribution in [0.25, 0.3) is 6.08 Å². The summed E-state index contributed by atoms with van der Waals surface area (Å²) in [4.78, 5) is 13.9. The molecule has 2 unspecified atom stereocenters. The van der Waals surface area contributed by atoms with Crippen LogP contribution in [0.3, 0.4) is 0 Å². The van der Waals surface area contributed by atoms with Crippen molar-refractivity contribution in [3.63, 3.8) is 0 Å². The molecule has 2 atom stereocenters. The highest BCUT2D eigenvalue weighted by molar-refractivity contribution is 6.31. The number of nitrogens with zero attached hydrogens (tertiary/aromatic N) is 3. The Morgan fingerprint density at radius 1 is 1.60 bits per heavy atom. The highest BCUT2D eigenvalue weighted by atomic mass is 35.5. The average molecular weight is 298 g/mol. The molecule has 2 heterocycles. The number of halogens is 1. The molecule has 1 amide bonds. The fourth-order valence-corrected chi connectivity index (χ4v) is 2.88. The molecule has 2 rings (SSSR count). The zero-order valence-corrected chi connectivity index (χ0v) is 12.8. The third-order valence-electron chi connectivity index (χ3n) is 3.94. The summed E-state index contributed by atoms with van der Waals surface area (Å²) in [5.41, 5.74) is 1.55. The molecule has 1 fully saturated rings. The Balaban J connectivity index is 2.13. The molecular formula is C14H20ClN3O2. The van der Waals surface area contributed by atoms with E-state index < -0.39 is 0 Å². The van der Waals surface area contributed by atoms with E-state index >= 15 is 0 Å². The zero-order chi connectivity index (χ0) is 14.9. The highest BCUT2D eigenvalue weighted by Crippen LogP contribution is 2.24. The van der Waals surface area contributed by atoms with Gasteiger partial charge < -0.3 is 10.0 Å². The van der Waals surface area contributed by atoms with Gasteiger partial charge in [0.15, 0.2) is 0 Å². The first kappa shape index (κ1) is 15.1. The van der Waals surface area contributed by atoms with E-state index in [1.165, 1.54) is 6.08 Å². The number of aliphatic hydroxyl groups excluding tert-OH is 1. The molecule has 1 aliphatic rings. The van der Waals surface area contributed by atoms with Crippen molar-refractivity contribution in [1.82, 2.24) is 14.7 Å². The lowest BCUT2D eigenvalue weighted by Crippen LogP contribution is -2.38. The summed E-state index contributed by atoms with van der Waals surface area (Å²) in [7, 11) is 1.76. The Hall–Kier alpha value is -1.33. The van der Waals surface area contributed by atoms with E-state index in [0.29, 0.717) is 17.6 Å². The van der Waals surface area contributed by atoms with Crippen molar-refractivity contribution in [1.29, 1.82) is 0 Å². The molecule has 1 aromatic rings. The number of aliphatic hydroxyl groups is 1.